The summed E-state index contributed by atoms with van der Waals surface area (Å²) in [7, 11) is -3.98. The zero-order chi connectivity index (χ0) is 32.5. The third kappa shape index (κ3) is 6.76. The Hall–Kier alpha value is -3.95. The number of aryl methyl sites for hydroxylation is 3. The molecule has 2 heterocycles. The summed E-state index contributed by atoms with van der Waals surface area (Å²) in [5.41, 5.74) is 5.55. The predicted molar refractivity (Wildman–Crippen MR) is 177 cm³/mol. The molecule has 0 amide bonds. The molecule has 2 aliphatic rings. The van der Waals surface area contributed by atoms with Crippen molar-refractivity contribution in [3.63, 3.8) is 0 Å². The molecule has 1 aliphatic heterocycles. The molecule has 1 aromatic heterocycles. The van der Waals surface area contributed by atoms with E-state index in [9.17, 15) is 13.2 Å². The maximum Gasteiger partial charge on any atom is 0.353 e. The van der Waals surface area contributed by atoms with E-state index in [1.54, 1.807) is 26.0 Å². The van der Waals surface area contributed by atoms with Crippen LogP contribution in [0.4, 0.5) is 0 Å². The summed E-state index contributed by atoms with van der Waals surface area (Å²) in [5.74, 6) is -0.386. The van der Waals surface area contributed by atoms with E-state index in [0.717, 1.165) is 59.1 Å². The average Bonchev–Trinajstić information content (AvgIpc) is 3.04. The summed E-state index contributed by atoms with van der Waals surface area (Å²) in [4.78, 5) is 18.9. The van der Waals surface area contributed by atoms with Gasteiger partial charge >= 0.3 is 5.97 Å². The molecule has 0 unspecified atom stereocenters. The van der Waals surface area contributed by atoms with Gasteiger partial charge in [-0.15, -0.1) is 0 Å². The van der Waals surface area contributed by atoms with Crippen LogP contribution in [-0.2, 0) is 32.5 Å². The van der Waals surface area contributed by atoms with E-state index in [1.807, 2.05) is 50.2 Å². The second-order valence-electron chi connectivity index (χ2n) is 13.1. The van der Waals surface area contributed by atoms with Gasteiger partial charge in [0, 0.05) is 23.4 Å². The van der Waals surface area contributed by atoms with Crippen LogP contribution < -0.4 is 15.0 Å². The number of nitrogens with zero attached hydrogens (tertiary/aromatic N) is 1. The molecular formula is C37H42N2O6S. The van der Waals surface area contributed by atoms with Gasteiger partial charge in [0.2, 0.25) is 10.0 Å². The van der Waals surface area contributed by atoms with Crippen molar-refractivity contribution < 1.29 is 27.2 Å². The zero-order valence-corrected chi connectivity index (χ0v) is 27.8. The van der Waals surface area contributed by atoms with Crippen molar-refractivity contribution in [2.75, 3.05) is 0 Å². The Bertz CT molecular complexity index is 1910. The van der Waals surface area contributed by atoms with Crippen molar-refractivity contribution in [1.29, 1.82) is 0 Å². The van der Waals surface area contributed by atoms with Crippen LogP contribution in [0.1, 0.15) is 80.2 Å². The lowest BCUT2D eigenvalue weighted by molar-refractivity contribution is -0.147. The molecule has 3 aromatic carbocycles. The molecule has 1 atom stereocenters. The monoisotopic (exact) mass is 642 g/mol. The van der Waals surface area contributed by atoms with Gasteiger partial charge in [-0.3, -0.25) is 0 Å². The van der Waals surface area contributed by atoms with Crippen molar-refractivity contribution in [3.8, 4) is 5.75 Å². The number of rotatable bonds is 8. The number of benzene rings is 3. The Kier molecular flexibility index (Phi) is 9.08. The Balaban J connectivity index is 1.36. The molecule has 8 nitrogen and oxygen atoms in total. The number of hydrogen-bond acceptors (Lipinski definition) is 7. The molecule has 0 saturated heterocycles. The highest BCUT2D eigenvalue weighted by Crippen LogP contribution is 2.43. The van der Waals surface area contributed by atoms with Crippen LogP contribution in [0.25, 0.3) is 11.0 Å². The quantitative estimate of drug-likeness (QED) is 0.163. The molecule has 6 rings (SSSR count). The van der Waals surface area contributed by atoms with Gasteiger partial charge in [-0.2, -0.15) is 4.72 Å². The van der Waals surface area contributed by atoms with E-state index in [1.165, 1.54) is 37.0 Å². The van der Waals surface area contributed by atoms with E-state index >= 15 is 0 Å². The molecule has 1 N–H and O–H groups in total. The molecule has 242 valence electrons. The Labute approximate surface area is 270 Å². The van der Waals surface area contributed by atoms with Gasteiger partial charge in [-0.1, -0.05) is 68.3 Å². The van der Waals surface area contributed by atoms with Crippen LogP contribution in [0.15, 0.2) is 81.2 Å². The third-order valence-corrected chi connectivity index (χ3v) is 10.9. The number of carbonyl (C=O) groups is 1. The first-order valence-corrected chi connectivity index (χ1v) is 17.7. The summed E-state index contributed by atoms with van der Waals surface area (Å²) in [6, 6.07) is 19.4. The maximum atomic E-state index is 13.4. The van der Waals surface area contributed by atoms with Crippen LogP contribution in [0.2, 0.25) is 0 Å². The van der Waals surface area contributed by atoms with Crippen molar-refractivity contribution in [1.82, 2.24) is 4.72 Å². The maximum absolute atomic E-state index is 13.4. The number of ether oxygens (including phenoxy) is 1. The first-order chi connectivity index (χ1) is 22.0. The van der Waals surface area contributed by atoms with E-state index in [0.29, 0.717) is 12.0 Å². The Morgan fingerprint density at radius 3 is 2.39 bits per heavy atom. The molecule has 1 fully saturated rings. The largest absolute Gasteiger partial charge is 0.487 e. The van der Waals surface area contributed by atoms with Gasteiger partial charge < -0.3 is 14.0 Å². The van der Waals surface area contributed by atoms with E-state index < -0.39 is 28.0 Å². The minimum atomic E-state index is -3.98. The van der Waals surface area contributed by atoms with Gasteiger partial charge in [0.15, 0.2) is 0 Å². The van der Waals surface area contributed by atoms with Crippen LogP contribution in [-0.4, -0.2) is 26.0 Å². The van der Waals surface area contributed by atoms with Gasteiger partial charge in [0.1, 0.15) is 23.0 Å². The fraction of sp³-hybridized carbons (Fsp3) is 0.405. The lowest BCUT2D eigenvalue weighted by Crippen LogP contribution is -2.45. The molecule has 1 spiro atoms. The lowest BCUT2D eigenvalue weighted by Gasteiger charge is -2.41. The van der Waals surface area contributed by atoms with E-state index in [-0.39, 0.29) is 16.1 Å². The van der Waals surface area contributed by atoms with Crippen molar-refractivity contribution in [2.45, 2.75) is 95.6 Å². The highest BCUT2D eigenvalue weighted by atomic mass is 32.2. The second kappa shape index (κ2) is 13.0. The van der Waals surface area contributed by atoms with Gasteiger partial charge in [0.05, 0.1) is 4.90 Å². The van der Waals surface area contributed by atoms with Crippen LogP contribution >= 0.6 is 0 Å². The third-order valence-electron chi connectivity index (χ3n) is 9.40. The normalized spacial score (nSPS) is 17.1. The highest BCUT2D eigenvalue weighted by Gasteiger charge is 2.38. The van der Waals surface area contributed by atoms with E-state index in [2.05, 4.69) is 15.9 Å². The van der Waals surface area contributed by atoms with E-state index in [4.69, 9.17) is 14.0 Å². The van der Waals surface area contributed by atoms with Crippen LogP contribution in [0.5, 0.6) is 5.75 Å². The second-order valence-corrected chi connectivity index (χ2v) is 14.8. The zero-order valence-electron chi connectivity index (χ0n) is 27.0. The molecule has 4 aromatic rings. The van der Waals surface area contributed by atoms with Crippen LogP contribution in [0, 0.1) is 19.8 Å². The highest BCUT2D eigenvalue weighted by molar-refractivity contribution is 7.89. The molecule has 0 bridgehead atoms. The molecule has 1 aliphatic carbocycles. The molecule has 46 heavy (non-hydrogen) atoms. The van der Waals surface area contributed by atoms with Gasteiger partial charge in [-0.25, -0.2) is 13.2 Å². The fourth-order valence-electron chi connectivity index (χ4n) is 6.59. The Morgan fingerprint density at radius 1 is 0.978 bits per heavy atom. The number of carbonyl (C=O) groups excluding carboxylic acids is 1. The first-order valence-electron chi connectivity index (χ1n) is 16.2. The summed E-state index contributed by atoms with van der Waals surface area (Å²) < 4.78 is 41.9. The van der Waals surface area contributed by atoms with Gasteiger partial charge in [-0.05, 0) is 98.3 Å². The molecule has 0 radical (unpaired) electrons. The number of hydrogen-bond donors (Lipinski definition) is 1. The van der Waals surface area contributed by atoms with Gasteiger partial charge in [0.25, 0.3) is 5.55 Å². The minimum Gasteiger partial charge on any atom is -0.487 e. The fourth-order valence-corrected chi connectivity index (χ4v) is 7.92. The topological polar surface area (TPSA) is 107 Å². The lowest BCUT2D eigenvalue weighted by atomic mass is 9.79. The van der Waals surface area contributed by atoms with Crippen molar-refractivity contribution >= 4 is 27.0 Å². The summed E-state index contributed by atoms with van der Waals surface area (Å²) in [6.07, 6.45) is 8.24. The molecular weight excluding hydrogens is 600 g/mol. The SMILES string of the molecule is Cc1ccc(S(=O)(=O)N[C@H](C(=O)ON=c2oc3cc4c(cc3c(C)c2Cc2ccccc2)CCC2(CCCCC2)O4)C(C)C)cc1. The summed E-state index contributed by atoms with van der Waals surface area (Å²) in [5, 5.41) is 5.20. The summed E-state index contributed by atoms with van der Waals surface area (Å²) in [6.45, 7) is 7.40. The number of nitrogens with one attached hydrogen (secondary N) is 1. The standard InChI is InChI=1S/C37H42N2O6S/c1-24(2)34(39-46(41,42)29-15-13-25(3)14-16-29)36(40)45-38-35-31(21-27-11-7-5-8-12-27)26(4)30-22-28-17-20-37(18-9-6-10-19-37)44-32(28)23-33(30)43-35/h5,7-8,11-16,22-24,34,39H,6,9-10,17-21H2,1-4H3/t34-/m0/s1. The summed E-state index contributed by atoms with van der Waals surface area (Å²) >= 11 is 0. The minimum absolute atomic E-state index is 0.0688. The smallest absolute Gasteiger partial charge is 0.353 e. The Morgan fingerprint density at radius 2 is 1.70 bits per heavy atom. The first kappa shape index (κ1) is 32.0. The number of sulfonamides is 1. The molecule has 1 saturated carbocycles. The van der Waals surface area contributed by atoms with Crippen LogP contribution in [0.3, 0.4) is 0 Å². The average molecular weight is 643 g/mol. The number of fused-ring (bicyclic) bond motifs is 2. The predicted octanol–water partition coefficient (Wildman–Crippen LogP) is 7.03. The van der Waals surface area contributed by atoms with Crippen molar-refractivity contribution in [3.05, 3.63) is 100 Å². The van der Waals surface area contributed by atoms with Crippen molar-refractivity contribution in [2.24, 2.45) is 11.1 Å². The molecule has 9 heteroatoms.